The number of alkyl halides is 1. The quantitative estimate of drug-likeness (QED) is 0.398. The Morgan fingerprint density at radius 3 is 2.50 bits per heavy atom. The van der Waals surface area contributed by atoms with Crippen molar-refractivity contribution in [2.45, 2.75) is 6.10 Å². The van der Waals surface area contributed by atoms with Gasteiger partial charge in [-0.2, -0.15) is 0 Å². The molecular formula is C3H3BrO2. The number of ether oxygens (including phenoxy) is 1. The second-order valence-electron chi connectivity index (χ2n) is 1.08. The lowest BCUT2D eigenvalue weighted by Crippen LogP contribution is -1.84. The van der Waals surface area contributed by atoms with Crippen LogP contribution in [-0.2, 0) is 9.53 Å². The van der Waals surface area contributed by atoms with Crippen molar-refractivity contribution in [1.29, 1.82) is 0 Å². The minimum Gasteiger partial charge on any atom is -0.447 e. The third-order valence-corrected chi connectivity index (χ3v) is 1.19. The van der Waals surface area contributed by atoms with Gasteiger partial charge in [-0.05, 0) is 0 Å². The maximum Gasteiger partial charge on any atom is 0.349 e. The lowest BCUT2D eigenvalue weighted by Gasteiger charge is -1.63. The van der Waals surface area contributed by atoms with Crippen LogP contribution in [0.3, 0.4) is 0 Å². The van der Waals surface area contributed by atoms with Crippen molar-refractivity contribution in [3.05, 3.63) is 0 Å². The Hall–Kier alpha value is -0.0500. The van der Waals surface area contributed by atoms with E-state index in [0.29, 0.717) is 5.33 Å². The minimum atomic E-state index is -0.120. The number of carbonyl (C=O) groups is 1. The molecule has 1 aliphatic heterocycles. The first kappa shape index (κ1) is 4.12. The fourth-order valence-electron chi connectivity index (χ4n) is 0.201. The van der Waals surface area contributed by atoms with E-state index in [1.54, 1.807) is 0 Å². The molecule has 1 heterocycles. The van der Waals surface area contributed by atoms with E-state index in [1.165, 1.54) is 0 Å². The number of hydrogen-bond donors (Lipinski definition) is 0. The summed E-state index contributed by atoms with van der Waals surface area (Å²) in [5, 5.41) is 0.645. The summed E-state index contributed by atoms with van der Waals surface area (Å²) >= 11 is 3.07. The summed E-state index contributed by atoms with van der Waals surface area (Å²) in [5.41, 5.74) is 0. The zero-order valence-electron chi connectivity index (χ0n) is 2.98. The molecule has 0 aromatic rings. The van der Waals surface area contributed by atoms with Crippen LogP contribution in [0.2, 0.25) is 0 Å². The molecule has 0 unspecified atom stereocenters. The lowest BCUT2D eigenvalue weighted by molar-refractivity contribution is -0.117. The van der Waals surface area contributed by atoms with Crippen molar-refractivity contribution in [1.82, 2.24) is 0 Å². The Bertz CT molecular complexity index is 80.9. The molecule has 1 aliphatic rings. The number of epoxide rings is 1. The molecule has 0 aromatic heterocycles. The Balaban J connectivity index is 2.26. The van der Waals surface area contributed by atoms with Gasteiger partial charge < -0.3 is 4.74 Å². The maximum absolute atomic E-state index is 9.87. The van der Waals surface area contributed by atoms with Gasteiger partial charge in [0.05, 0.1) is 5.33 Å². The molecule has 0 amide bonds. The number of rotatable bonds is 1. The molecule has 1 saturated heterocycles. The highest BCUT2D eigenvalue weighted by molar-refractivity contribution is 9.09. The molecule has 2 nitrogen and oxygen atoms in total. The van der Waals surface area contributed by atoms with Gasteiger partial charge in [-0.1, -0.05) is 15.9 Å². The Kier molecular flexibility index (Phi) is 0.839. The van der Waals surface area contributed by atoms with Gasteiger partial charge in [0.2, 0.25) is 6.10 Å². The van der Waals surface area contributed by atoms with Crippen LogP contribution in [0.5, 0.6) is 0 Å². The third kappa shape index (κ3) is 0.544. The van der Waals surface area contributed by atoms with Gasteiger partial charge >= 0.3 is 5.97 Å². The third-order valence-electron chi connectivity index (χ3n) is 0.604. The van der Waals surface area contributed by atoms with E-state index in [9.17, 15) is 4.79 Å². The average Bonchev–Trinajstić information content (AvgIpc) is 2.19. The van der Waals surface area contributed by atoms with Crippen LogP contribution >= 0.6 is 15.9 Å². The number of hydrogen-bond acceptors (Lipinski definition) is 2. The van der Waals surface area contributed by atoms with Crippen LogP contribution in [0, 0.1) is 0 Å². The minimum absolute atomic E-state index is 0.0909. The maximum atomic E-state index is 9.87. The zero-order valence-corrected chi connectivity index (χ0v) is 4.56. The smallest absolute Gasteiger partial charge is 0.349 e. The van der Waals surface area contributed by atoms with Gasteiger partial charge in [0.25, 0.3) is 0 Å². The summed E-state index contributed by atoms with van der Waals surface area (Å²) in [6.45, 7) is 0. The van der Waals surface area contributed by atoms with Gasteiger partial charge in [-0.3, -0.25) is 0 Å². The molecule has 0 spiro atoms. The van der Waals surface area contributed by atoms with E-state index in [2.05, 4.69) is 20.7 Å². The number of halogens is 1. The predicted molar refractivity (Wildman–Crippen MR) is 23.7 cm³/mol. The molecule has 1 rings (SSSR count). The molecule has 6 heavy (non-hydrogen) atoms. The van der Waals surface area contributed by atoms with E-state index in [4.69, 9.17) is 0 Å². The van der Waals surface area contributed by atoms with Crippen molar-refractivity contribution in [3.63, 3.8) is 0 Å². The van der Waals surface area contributed by atoms with Gasteiger partial charge in [0, 0.05) is 0 Å². The Labute approximate surface area is 43.6 Å². The van der Waals surface area contributed by atoms with E-state index < -0.39 is 0 Å². The first-order valence-corrected chi connectivity index (χ1v) is 2.73. The Morgan fingerprint density at radius 1 is 2.00 bits per heavy atom. The normalized spacial score (nSPS) is 29.5. The van der Waals surface area contributed by atoms with Gasteiger partial charge in [-0.15, -0.1) is 0 Å². The molecule has 34 valence electrons. The monoisotopic (exact) mass is 150 g/mol. The molecule has 0 saturated carbocycles. The second-order valence-corrected chi connectivity index (χ2v) is 1.73. The second kappa shape index (κ2) is 1.22. The molecule has 0 radical (unpaired) electrons. The number of cyclic esters (lactones) is 1. The van der Waals surface area contributed by atoms with E-state index in [0.717, 1.165) is 0 Å². The molecule has 1 fully saturated rings. The molecule has 3 heteroatoms. The average molecular weight is 151 g/mol. The van der Waals surface area contributed by atoms with Crippen molar-refractivity contribution < 1.29 is 9.53 Å². The van der Waals surface area contributed by atoms with Crippen molar-refractivity contribution in [2.75, 3.05) is 5.33 Å². The SMILES string of the molecule is O=C1O[C@H]1CBr. The zero-order chi connectivity index (χ0) is 4.57. The van der Waals surface area contributed by atoms with Crippen molar-refractivity contribution >= 4 is 21.9 Å². The van der Waals surface area contributed by atoms with Gasteiger partial charge in [0.1, 0.15) is 0 Å². The Morgan fingerprint density at radius 2 is 2.50 bits per heavy atom. The molecule has 0 bridgehead atoms. The van der Waals surface area contributed by atoms with Crippen molar-refractivity contribution in [2.24, 2.45) is 0 Å². The van der Waals surface area contributed by atoms with Crippen LogP contribution < -0.4 is 0 Å². The van der Waals surface area contributed by atoms with Crippen LogP contribution in [0.25, 0.3) is 0 Å². The topological polar surface area (TPSA) is 29.6 Å². The largest absolute Gasteiger partial charge is 0.447 e. The van der Waals surface area contributed by atoms with E-state index in [1.807, 2.05) is 0 Å². The molecule has 0 aliphatic carbocycles. The van der Waals surface area contributed by atoms with Gasteiger partial charge in [0.15, 0.2) is 0 Å². The fraction of sp³-hybridized carbons (Fsp3) is 0.667. The summed E-state index contributed by atoms with van der Waals surface area (Å²) in [4.78, 5) is 9.87. The molecular weight excluding hydrogens is 148 g/mol. The van der Waals surface area contributed by atoms with Crippen molar-refractivity contribution in [3.8, 4) is 0 Å². The lowest BCUT2D eigenvalue weighted by atomic mass is 10.6. The molecule has 0 N–H and O–H groups in total. The summed E-state index contributed by atoms with van der Waals surface area (Å²) in [6.07, 6.45) is -0.120. The standard InChI is InChI=1S/C3H3BrO2/c4-1-2-3(5)6-2/h2H,1H2/t2-/m0/s1. The van der Waals surface area contributed by atoms with Crippen LogP contribution in [0.1, 0.15) is 0 Å². The highest BCUT2D eigenvalue weighted by Gasteiger charge is 2.36. The fourth-order valence-corrected chi connectivity index (χ4v) is 0.597. The van der Waals surface area contributed by atoms with E-state index in [-0.39, 0.29) is 12.1 Å². The summed E-state index contributed by atoms with van der Waals surface area (Å²) in [5.74, 6) is -0.0909. The summed E-state index contributed by atoms with van der Waals surface area (Å²) < 4.78 is 4.38. The highest BCUT2D eigenvalue weighted by atomic mass is 79.9. The highest BCUT2D eigenvalue weighted by Crippen LogP contribution is 2.13. The number of carbonyl (C=O) groups excluding carboxylic acids is 1. The van der Waals surface area contributed by atoms with Crippen LogP contribution in [0.4, 0.5) is 0 Å². The summed E-state index contributed by atoms with van der Waals surface area (Å²) in [7, 11) is 0. The first-order chi connectivity index (χ1) is 2.84. The molecule has 1 atom stereocenters. The predicted octanol–water partition coefficient (Wildman–Crippen LogP) is 0.307. The van der Waals surface area contributed by atoms with Crippen LogP contribution in [-0.4, -0.2) is 17.4 Å². The molecule has 0 aromatic carbocycles. The van der Waals surface area contributed by atoms with E-state index >= 15 is 0 Å². The first-order valence-electron chi connectivity index (χ1n) is 1.61. The summed E-state index contributed by atoms with van der Waals surface area (Å²) in [6, 6.07) is 0. The van der Waals surface area contributed by atoms with Gasteiger partial charge in [-0.25, -0.2) is 4.79 Å². The van der Waals surface area contributed by atoms with Crippen LogP contribution in [0.15, 0.2) is 0 Å².